The molecule has 2 unspecified atom stereocenters. The second-order valence-corrected chi connectivity index (χ2v) is 11.5. The summed E-state index contributed by atoms with van der Waals surface area (Å²) in [4.78, 5) is 12.0. The van der Waals surface area contributed by atoms with Crippen molar-refractivity contribution in [3.8, 4) is 0 Å². The molecule has 0 spiro atoms. The van der Waals surface area contributed by atoms with Crippen molar-refractivity contribution in [1.82, 2.24) is 0 Å². The Bertz CT molecular complexity index is 926. The summed E-state index contributed by atoms with van der Waals surface area (Å²) in [6.45, 7) is 0.979. The van der Waals surface area contributed by atoms with Gasteiger partial charge in [-0.1, -0.05) is 103 Å². The van der Waals surface area contributed by atoms with Crippen LogP contribution < -0.4 is 64.2 Å². The third-order valence-electron chi connectivity index (χ3n) is 6.11. The quantitative estimate of drug-likeness (QED) is 0.0386. The largest absolute Gasteiger partial charge is 1.00 e. The van der Waals surface area contributed by atoms with Gasteiger partial charge in [-0.3, -0.25) is 8.74 Å². The molecule has 0 aromatic carbocycles. The number of ether oxygens (including phenoxy) is 2. The molecule has 0 bridgehead atoms. The van der Waals surface area contributed by atoms with Crippen molar-refractivity contribution in [2.75, 3.05) is 13.2 Å². The fraction of sp³-hybridized carbons (Fsp3) is 0.875. The first-order chi connectivity index (χ1) is 17.9. The Labute approximate surface area is 283 Å². The van der Waals surface area contributed by atoms with E-state index >= 15 is 0 Å². The maximum Gasteiger partial charge on any atom is 1.00 e. The van der Waals surface area contributed by atoms with Crippen LogP contribution in [0, 0.1) is 0 Å². The van der Waals surface area contributed by atoms with E-state index in [2.05, 4.69) is 15.3 Å². The Balaban J connectivity index is 0. The smallest absolute Gasteiger partial charge is 0.870 e. The molecule has 1 heterocycles. The zero-order valence-corrected chi connectivity index (χ0v) is 29.8. The molecule has 1 aliphatic heterocycles. The molecule has 40 heavy (non-hydrogen) atoms. The van der Waals surface area contributed by atoms with E-state index in [1.165, 1.54) is 70.6 Å². The Kier molecular flexibility index (Phi) is 25.5. The van der Waals surface area contributed by atoms with Gasteiger partial charge in [0, 0.05) is 0 Å². The van der Waals surface area contributed by atoms with Crippen LogP contribution in [0.4, 0.5) is 0 Å². The van der Waals surface area contributed by atoms with Crippen molar-refractivity contribution >= 4 is 26.8 Å². The van der Waals surface area contributed by atoms with Gasteiger partial charge in [-0.2, -0.15) is 8.42 Å². The average Bonchev–Trinajstić information content (AvgIpc) is 3.10. The van der Waals surface area contributed by atoms with Gasteiger partial charge < -0.3 is 19.1 Å². The van der Waals surface area contributed by atoms with E-state index in [0.29, 0.717) is 6.42 Å². The molecular weight excluding hydrogens is 590 g/mol. The van der Waals surface area contributed by atoms with Crippen LogP contribution in [0.5, 0.6) is 0 Å². The predicted molar refractivity (Wildman–Crippen MR) is 134 cm³/mol. The summed E-state index contributed by atoms with van der Waals surface area (Å²) in [6, 6.07) is 0. The maximum absolute atomic E-state index is 12.4. The molecule has 0 radical (unpaired) electrons. The summed E-state index contributed by atoms with van der Waals surface area (Å²) < 4.78 is 80.7. The number of unbranched alkanes of at least 4 members (excludes halogenated alkanes) is 15. The molecule has 2 atom stereocenters. The topological polar surface area (TPSA) is 189 Å². The fourth-order valence-electron chi connectivity index (χ4n) is 4.12. The van der Waals surface area contributed by atoms with E-state index in [1.807, 2.05) is 0 Å². The van der Waals surface area contributed by atoms with Gasteiger partial charge in [-0.25, -0.2) is 17.4 Å². The van der Waals surface area contributed by atoms with Crippen LogP contribution in [-0.4, -0.2) is 57.3 Å². The van der Waals surface area contributed by atoms with Crippen molar-refractivity contribution in [3.05, 3.63) is 11.5 Å². The number of hydrogen-bond acceptors (Lipinski definition) is 11. The van der Waals surface area contributed by atoms with Gasteiger partial charge in [-0.15, -0.1) is 0 Å². The summed E-state index contributed by atoms with van der Waals surface area (Å²) in [5.41, 5.74) is 0. The number of carbonyl (C=O) groups is 1. The van der Waals surface area contributed by atoms with Gasteiger partial charge in [0.05, 0.1) is 13.2 Å². The Morgan fingerprint density at radius 2 is 1.25 bits per heavy atom. The van der Waals surface area contributed by atoms with Crippen LogP contribution in [0.15, 0.2) is 11.5 Å². The van der Waals surface area contributed by atoms with Gasteiger partial charge in [0.15, 0.2) is 5.76 Å². The molecule has 0 aromatic rings. The molecule has 0 aliphatic carbocycles. The molecule has 0 aromatic heterocycles. The molecule has 0 fully saturated rings. The number of carbonyl (C=O) groups excluding carboxylic acids is 1. The molecule has 0 amide bonds. The maximum atomic E-state index is 12.4. The summed E-state index contributed by atoms with van der Waals surface area (Å²) in [6.07, 6.45) is 14.9. The van der Waals surface area contributed by atoms with Crippen LogP contribution in [0.1, 0.15) is 110 Å². The van der Waals surface area contributed by atoms with E-state index in [1.54, 1.807) is 0 Å². The molecule has 0 saturated heterocycles. The summed E-state index contributed by atoms with van der Waals surface area (Å²) >= 11 is 0. The molecule has 16 heteroatoms. The van der Waals surface area contributed by atoms with Crippen LogP contribution in [0.2, 0.25) is 0 Å². The van der Waals surface area contributed by atoms with Gasteiger partial charge >= 0.3 is 75.5 Å². The molecule has 224 valence electrons. The van der Waals surface area contributed by atoms with E-state index in [0.717, 1.165) is 25.7 Å². The fourth-order valence-corrected chi connectivity index (χ4v) is 4.89. The molecule has 1 rings (SSSR count). The molecule has 1 N–H and O–H groups in total. The zero-order chi connectivity index (χ0) is 28.4. The summed E-state index contributed by atoms with van der Waals surface area (Å²) in [5.74, 6) is -3.03. The summed E-state index contributed by atoms with van der Waals surface area (Å²) in [7, 11) is -10.5. The second kappa shape index (κ2) is 23.9. The Hall–Kier alpha value is 0.550. The van der Waals surface area contributed by atoms with E-state index in [4.69, 9.17) is 14.0 Å². The first-order valence-corrected chi connectivity index (χ1v) is 16.2. The minimum atomic E-state index is -5.28. The standard InChI is InChI=1S/C24H44O12S2.2Na/c1-2-3-4-5-6-7-8-9-10-11-12-13-14-15-16-17-18-33-23-21(25)22(35-24(23)26)20(36-38(30,31)32)19-34-37(27,28)29;;/h20,22,25H,2-19H2,1H3,(H,27,28,29)(H,30,31,32);;/q;2*+1/p-2. The second-order valence-electron chi connectivity index (χ2n) is 9.43. The van der Waals surface area contributed by atoms with Gasteiger partial charge in [-0.05, 0) is 12.2 Å². The van der Waals surface area contributed by atoms with Crippen molar-refractivity contribution in [3.63, 3.8) is 0 Å². The normalized spacial score (nSPS) is 16.3. The van der Waals surface area contributed by atoms with Crippen molar-refractivity contribution in [2.45, 2.75) is 122 Å². The minimum Gasteiger partial charge on any atom is -0.870 e. The van der Waals surface area contributed by atoms with E-state index in [-0.39, 0.29) is 65.7 Å². The van der Waals surface area contributed by atoms with Gasteiger partial charge in [0.2, 0.25) is 10.4 Å². The van der Waals surface area contributed by atoms with Crippen molar-refractivity contribution < 1.29 is 113 Å². The third kappa shape index (κ3) is 21.3. The zero-order valence-electron chi connectivity index (χ0n) is 24.1. The van der Waals surface area contributed by atoms with Gasteiger partial charge in [0.1, 0.15) is 12.2 Å². The number of rotatable bonds is 24. The molecular formula is C24H42Na2O12S2. The van der Waals surface area contributed by atoms with E-state index in [9.17, 15) is 31.3 Å². The monoisotopic (exact) mass is 632 g/mol. The third-order valence-corrected chi connectivity index (χ3v) is 7.02. The Morgan fingerprint density at radius 1 is 0.825 bits per heavy atom. The first kappa shape index (κ1) is 42.7. The first-order valence-electron chi connectivity index (χ1n) is 13.5. The molecule has 12 nitrogen and oxygen atoms in total. The number of hydrogen-bond donors (Lipinski definition) is 1. The molecule has 1 aliphatic rings. The summed E-state index contributed by atoms with van der Waals surface area (Å²) in [5, 5.41) is 12.4. The minimum absolute atomic E-state index is 0. The number of cyclic esters (lactones) is 1. The van der Waals surface area contributed by atoms with Crippen LogP contribution in [0.3, 0.4) is 0 Å². The van der Waals surface area contributed by atoms with Crippen LogP contribution in [-0.2, 0) is 43.4 Å². The van der Waals surface area contributed by atoms with Crippen molar-refractivity contribution in [1.29, 1.82) is 0 Å². The SMILES string of the molecule is CCCCCCCCCCCCCCCCCCOC1=C([O-])C(C(COS(=O)(=O)[O-])OS(=O)(=O)O)OC1=O.[Na+].[Na+]. The average molecular weight is 633 g/mol. The van der Waals surface area contributed by atoms with Crippen LogP contribution in [0.25, 0.3) is 0 Å². The van der Waals surface area contributed by atoms with Crippen LogP contribution >= 0.6 is 0 Å². The Morgan fingerprint density at radius 3 is 1.65 bits per heavy atom. The van der Waals surface area contributed by atoms with Gasteiger partial charge in [0.25, 0.3) is 0 Å². The van der Waals surface area contributed by atoms with Crippen molar-refractivity contribution in [2.24, 2.45) is 0 Å². The predicted octanol–water partition coefficient (Wildman–Crippen LogP) is -2.57. The van der Waals surface area contributed by atoms with E-state index < -0.39 is 57.1 Å². The number of esters is 1. The molecule has 0 saturated carbocycles.